The van der Waals surface area contributed by atoms with Crippen molar-refractivity contribution in [2.24, 2.45) is 0 Å². The first-order valence-electron chi connectivity index (χ1n) is 45.5. The SMILES string of the molecule is [2H]c1c([2H])c([2H])c(-c2ccc3c(c2)N(c2cc(-c4ccccc4)cc(-c4ccccc4)c2)c2cc(-n4c5ccc(C(C)(C)C)cc5c5cc(C(C)(C)C)ccc54)cc4c2B3c2ccc(-n3c5ccc(C(C)(C)C)cc5c5cc(C(C)(C)C)ccc53)cc2N4c2cccc3c2sc2c(-n4c5ccc(C(C)(C)C)cc5c5cc(C(C)(C)C)ccc54)cccc23)c([2H])c1[2H]. The number of aromatic nitrogens is 3. The largest absolute Gasteiger partial charge is 0.311 e. The van der Waals surface area contributed by atoms with Crippen molar-refractivity contribution >= 4 is 154 Å². The zero-order valence-electron chi connectivity index (χ0n) is 77.7. The molecule has 2 aliphatic rings. The van der Waals surface area contributed by atoms with Crippen LogP contribution in [-0.2, 0) is 32.5 Å². The van der Waals surface area contributed by atoms with Crippen LogP contribution in [0.15, 0.2) is 303 Å². The van der Waals surface area contributed by atoms with Gasteiger partial charge < -0.3 is 23.5 Å². The molecule has 0 spiro atoms. The Morgan fingerprint density at radius 3 is 1.02 bits per heavy atom. The van der Waals surface area contributed by atoms with Crippen LogP contribution in [0.2, 0.25) is 0 Å². The lowest BCUT2D eigenvalue weighted by Crippen LogP contribution is -2.61. The Hall–Kier alpha value is -12.4. The van der Waals surface area contributed by atoms with Crippen molar-refractivity contribution in [1.29, 1.82) is 0 Å². The molecule has 4 aromatic heterocycles. The lowest BCUT2D eigenvalue weighted by molar-refractivity contribution is 0.590. The van der Waals surface area contributed by atoms with Crippen LogP contribution in [0, 0.1) is 0 Å². The Labute approximate surface area is 723 Å². The van der Waals surface area contributed by atoms with Crippen molar-refractivity contribution < 1.29 is 6.85 Å². The van der Waals surface area contributed by atoms with Gasteiger partial charge >= 0.3 is 0 Å². The number of anilines is 6. The highest BCUT2D eigenvalue weighted by molar-refractivity contribution is 7.27. The van der Waals surface area contributed by atoms with Gasteiger partial charge in [0.05, 0.1) is 66.4 Å². The Balaban J connectivity index is 0.930. The Bertz CT molecular complexity index is 7550. The number of nitrogens with zero attached hydrogens (tertiary/aromatic N) is 5. The van der Waals surface area contributed by atoms with Crippen molar-refractivity contribution in [3.63, 3.8) is 0 Å². The minimum atomic E-state index is -0.458. The molecule has 121 heavy (non-hydrogen) atoms. The molecular formula is C114H104BN5S. The van der Waals surface area contributed by atoms with E-state index in [0.717, 1.165) is 122 Å². The lowest BCUT2D eigenvalue weighted by Gasteiger charge is -2.45. The number of rotatable bonds is 8. The molecule has 6 heterocycles. The van der Waals surface area contributed by atoms with E-state index < -0.39 is 12.8 Å². The minimum Gasteiger partial charge on any atom is -0.311 e. The standard InChI is InChI=1S/C114H104BN5S/c1-109(2,3)75-41-50-94-86(60-75)87-61-76(110(4,5)6)42-51-95(87)116(94)81-47-49-93-103(66-81)120(101-39-29-37-85-84-36-28-38-100(107(84)121-108(85)101)119-98-54-45-79(113(13,14)15)64-90(98)91-65-80(114(16,17)18)46-55-99(91)119)105-68-83(117-96-52-43-77(111(7,8)9)62-88(96)89-63-78(112(10,11)12)44-53-97(89)117)67-104-106(105)115(93)92-48-40-72(69-30-22-19-23-31-69)59-102(92)118(104)82-57-73(70-32-24-20-25-33-70)56-74(58-82)71-34-26-21-27-35-71/h19-68H,1-18H3/i19D,22D,23D,30D,31D. The highest BCUT2D eigenvalue weighted by Crippen LogP contribution is 2.54. The van der Waals surface area contributed by atoms with Gasteiger partial charge in [0.1, 0.15) is 0 Å². The zero-order chi connectivity index (χ0) is 88.0. The summed E-state index contributed by atoms with van der Waals surface area (Å²) in [6, 6.07) is 102. The summed E-state index contributed by atoms with van der Waals surface area (Å²) in [6.07, 6.45) is 0. The van der Waals surface area contributed by atoms with Gasteiger partial charge in [-0.15, -0.1) is 11.3 Å². The lowest BCUT2D eigenvalue weighted by atomic mass is 9.33. The first-order chi connectivity index (χ1) is 59.8. The number of benzene rings is 15. The van der Waals surface area contributed by atoms with Crippen molar-refractivity contribution in [3.05, 3.63) is 337 Å². The second-order valence-electron chi connectivity index (χ2n) is 40.3. The fourth-order valence-electron chi connectivity index (χ4n) is 19.5. The summed E-state index contributed by atoms with van der Waals surface area (Å²) >= 11 is 1.87. The van der Waals surface area contributed by atoms with Gasteiger partial charge in [-0.2, -0.15) is 0 Å². The van der Waals surface area contributed by atoms with Crippen molar-refractivity contribution in [2.45, 2.75) is 157 Å². The van der Waals surface area contributed by atoms with Crippen LogP contribution in [0.5, 0.6) is 0 Å². The zero-order valence-corrected chi connectivity index (χ0v) is 73.5. The predicted octanol–water partition coefficient (Wildman–Crippen LogP) is 30.2. The summed E-state index contributed by atoms with van der Waals surface area (Å²) in [5, 5.41) is 9.56. The second kappa shape index (κ2) is 27.0. The van der Waals surface area contributed by atoms with Gasteiger partial charge in [0.2, 0.25) is 0 Å². The third kappa shape index (κ3) is 12.4. The topological polar surface area (TPSA) is 21.3 Å². The highest BCUT2D eigenvalue weighted by atomic mass is 32.1. The van der Waals surface area contributed by atoms with Gasteiger partial charge in [0.15, 0.2) is 0 Å². The minimum absolute atomic E-state index is 0.0771. The van der Waals surface area contributed by atoms with E-state index in [4.69, 9.17) is 1.37 Å². The summed E-state index contributed by atoms with van der Waals surface area (Å²) in [7, 11) is 0. The maximum Gasteiger partial charge on any atom is 0.252 e. The van der Waals surface area contributed by atoms with Crippen LogP contribution < -0.4 is 26.2 Å². The molecule has 0 atom stereocenters. The molecule has 0 amide bonds. The van der Waals surface area contributed by atoms with E-state index in [9.17, 15) is 5.48 Å². The van der Waals surface area contributed by atoms with Crippen LogP contribution >= 0.6 is 11.3 Å². The van der Waals surface area contributed by atoms with Gasteiger partial charge in [-0.3, -0.25) is 0 Å². The molecule has 0 bridgehead atoms. The van der Waals surface area contributed by atoms with Crippen LogP contribution in [0.25, 0.3) is 136 Å². The van der Waals surface area contributed by atoms with Gasteiger partial charge in [-0.25, -0.2) is 0 Å². The first kappa shape index (κ1) is 70.4. The van der Waals surface area contributed by atoms with E-state index in [0.29, 0.717) is 5.56 Å². The molecule has 0 saturated carbocycles. The Morgan fingerprint density at radius 1 is 0.240 bits per heavy atom. The first-order valence-corrected chi connectivity index (χ1v) is 43.8. The van der Waals surface area contributed by atoms with Crippen LogP contribution in [0.1, 0.15) is 165 Å². The van der Waals surface area contributed by atoms with Crippen molar-refractivity contribution in [1.82, 2.24) is 13.7 Å². The Morgan fingerprint density at radius 2 is 0.603 bits per heavy atom. The van der Waals surface area contributed by atoms with Gasteiger partial charge in [0, 0.05) is 77.2 Å². The second-order valence-corrected chi connectivity index (χ2v) is 41.3. The predicted molar refractivity (Wildman–Crippen MR) is 525 cm³/mol. The quantitative estimate of drug-likeness (QED) is 0.141. The molecular weight excluding hydrogens is 1480 g/mol. The molecule has 0 radical (unpaired) electrons. The molecule has 0 aliphatic carbocycles. The molecule has 0 saturated heterocycles. The Kier molecular flexibility index (Phi) is 15.7. The molecule has 0 N–H and O–H groups in total. The normalized spacial score (nSPS) is 14.1. The maximum absolute atomic E-state index is 9.75. The van der Waals surface area contributed by atoms with Crippen molar-refractivity contribution in [3.8, 4) is 50.4 Å². The average Bonchev–Trinajstić information content (AvgIpc) is 0.963. The van der Waals surface area contributed by atoms with E-state index in [2.05, 4.69) is 415 Å². The van der Waals surface area contributed by atoms with E-state index in [1.54, 1.807) is 0 Å². The molecule has 5 nitrogen and oxygen atoms in total. The van der Waals surface area contributed by atoms with Gasteiger partial charge in [0.25, 0.3) is 6.71 Å². The van der Waals surface area contributed by atoms with Crippen LogP contribution in [-0.4, -0.2) is 20.4 Å². The summed E-state index contributed by atoms with van der Waals surface area (Å²) in [5.74, 6) is 0. The van der Waals surface area contributed by atoms with Gasteiger partial charge in [-0.1, -0.05) is 294 Å². The van der Waals surface area contributed by atoms with E-state index in [-0.39, 0.29) is 62.2 Å². The molecule has 15 aromatic carbocycles. The van der Waals surface area contributed by atoms with E-state index in [1.165, 1.54) is 86.8 Å². The van der Waals surface area contributed by atoms with Crippen LogP contribution in [0.4, 0.5) is 34.1 Å². The summed E-state index contributed by atoms with van der Waals surface area (Å²) in [6.45, 7) is 41.1. The van der Waals surface area contributed by atoms with Crippen LogP contribution in [0.3, 0.4) is 0 Å². The summed E-state index contributed by atoms with van der Waals surface area (Å²) in [4.78, 5) is 5.10. The number of hydrogen-bond donors (Lipinski definition) is 0. The van der Waals surface area contributed by atoms with E-state index in [1.807, 2.05) is 17.4 Å². The van der Waals surface area contributed by atoms with Gasteiger partial charge in [-0.05, 0) is 249 Å². The fourth-order valence-corrected chi connectivity index (χ4v) is 20.8. The highest BCUT2D eigenvalue weighted by Gasteiger charge is 2.45. The molecule has 0 fully saturated rings. The van der Waals surface area contributed by atoms with E-state index >= 15 is 0 Å². The monoisotopic (exact) mass is 1590 g/mol. The third-order valence-electron chi connectivity index (χ3n) is 26.2. The maximum atomic E-state index is 9.75. The molecule has 21 rings (SSSR count). The number of thiophene rings is 1. The van der Waals surface area contributed by atoms with Crippen molar-refractivity contribution in [2.75, 3.05) is 9.80 Å². The third-order valence-corrected chi connectivity index (χ3v) is 27.5. The average molecular weight is 1590 g/mol. The molecule has 7 heteroatoms. The molecule has 594 valence electrons. The summed E-state index contributed by atoms with van der Waals surface area (Å²) < 4.78 is 56.8. The fraction of sp³-hybridized carbons (Fsp3) is 0.211. The number of hydrogen-bond acceptors (Lipinski definition) is 3. The number of fused-ring (bicyclic) bond motifs is 16. The molecule has 0 unspecified atom stereocenters. The molecule has 2 aliphatic heterocycles. The smallest absolute Gasteiger partial charge is 0.252 e. The summed E-state index contributed by atoms with van der Waals surface area (Å²) in [5.41, 5.74) is 30.4. The molecule has 19 aromatic rings.